The first kappa shape index (κ1) is 14.8. The van der Waals surface area contributed by atoms with Gasteiger partial charge in [-0.05, 0) is 19.3 Å². The van der Waals surface area contributed by atoms with Gasteiger partial charge in [-0.2, -0.15) is 0 Å². The van der Waals surface area contributed by atoms with Crippen molar-refractivity contribution in [2.24, 2.45) is 5.92 Å². The maximum Gasteiger partial charge on any atom is 0.326 e. The number of carbonyl (C=O) groups is 2. The number of likely N-dealkylation sites (tertiary alicyclic amines) is 1. The van der Waals surface area contributed by atoms with Crippen LogP contribution in [0.1, 0.15) is 33.6 Å². The van der Waals surface area contributed by atoms with Crippen molar-refractivity contribution >= 4 is 12.0 Å². The van der Waals surface area contributed by atoms with Gasteiger partial charge in [0.2, 0.25) is 0 Å². The zero-order valence-corrected chi connectivity index (χ0v) is 11.1. The summed E-state index contributed by atoms with van der Waals surface area (Å²) in [4.78, 5) is 24.1. The summed E-state index contributed by atoms with van der Waals surface area (Å²) in [6.45, 7) is 6.09. The number of β-amino-alcohol motifs (C(OH)–C–C–N with tert-alkyl or cyclic N) is 1. The van der Waals surface area contributed by atoms with Crippen LogP contribution < -0.4 is 5.32 Å². The normalized spacial score (nSPS) is 25.3. The van der Waals surface area contributed by atoms with Gasteiger partial charge in [-0.1, -0.05) is 13.8 Å². The van der Waals surface area contributed by atoms with Crippen molar-refractivity contribution in [1.29, 1.82) is 0 Å². The molecule has 0 spiro atoms. The number of aliphatic hydroxyl groups excluding tert-OH is 1. The Hall–Kier alpha value is -1.30. The highest BCUT2D eigenvalue weighted by Crippen LogP contribution is 2.18. The third-order valence-corrected chi connectivity index (χ3v) is 3.02. The number of hydrogen-bond donors (Lipinski definition) is 3. The van der Waals surface area contributed by atoms with Crippen LogP contribution in [-0.2, 0) is 4.79 Å². The summed E-state index contributed by atoms with van der Waals surface area (Å²) in [5.41, 5.74) is 0. The van der Waals surface area contributed by atoms with Crippen LogP contribution in [0.25, 0.3) is 0 Å². The van der Waals surface area contributed by atoms with Crippen molar-refractivity contribution in [1.82, 2.24) is 10.2 Å². The van der Waals surface area contributed by atoms with Crippen LogP contribution >= 0.6 is 0 Å². The standard InChI is InChI=1S/C12H22N2O4/c1-7(2)4-8(3)13-12(18)14-6-9(15)5-10(14)11(16)17/h7-10,15H,4-6H2,1-3H3,(H,13,18)(H,16,17)/t8?,9-,10-/m0/s1. The van der Waals surface area contributed by atoms with Crippen LogP contribution in [0.4, 0.5) is 4.79 Å². The molecule has 104 valence electrons. The molecule has 0 aromatic rings. The number of aliphatic carboxylic acids is 1. The van der Waals surface area contributed by atoms with Crippen molar-refractivity contribution in [3.05, 3.63) is 0 Å². The molecule has 1 saturated heterocycles. The third-order valence-electron chi connectivity index (χ3n) is 3.02. The molecular weight excluding hydrogens is 236 g/mol. The molecule has 0 aliphatic carbocycles. The van der Waals surface area contributed by atoms with Crippen molar-refractivity contribution in [2.45, 2.75) is 51.8 Å². The number of hydrogen-bond acceptors (Lipinski definition) is 3. The molecule has 3 N–H and O–H groups in total. The molecule has 3 atom stereocenters. The maximum absolute atomic E-state index is 11.9. The summed E-state index contributed by atoms with van der Waals surface area (Å²) >= 11 is 0. The van der Waals surface area contributed by atoms with Gasteiger partial charge in [-0.25, -0.2) is 9.59 Å². The van der Waals surface area contributed by atoms with Crippen molar-refractivity contribution in [3.63, 3.8) is 0 Å². The summed E-state index contributed by atoms with van der Waals surface area (Å²) in [6, 6.07) is -1.34. The summed E-state index contributed by atoms with van der Waals surface area (Å²) in [5.74, 6) is -0.613. The molecule has 1 aliphatic heterocycles. The average molecular weight is 258 g/mol. The van der Waals surface area contributed by atoms with Crippen LogP contribution in [-0.4, -0.2) is 51.8 Å². The number of rotatable bonds is 4. The van der Waals surface area contributed by atoms with E-state index >= 15 is 0 Å². The lowest BCUT2D eigenvalue weighted by atomic mass is 10.1. The van der Waals surface area contributed by atoms with Crippen LogP contribution in [0.15, 0.2) is 0 Å². The highest BCUT2D eigenvalue weighted by molar-refractivity contribution is 5.83. The topological polar surface area (TPSA) is 89.9 Å². The third kappa shape index (κ3) is 3.87. The van der Waals surface area contributed by atoms with E-state index in [0.29, 0.717) is 5.92 Å². The zero-order valence-electron chi connectivity index (χ0n) is 11.1. The minimum Gasteiger partial charge on any atom is -0.480 e. The molecular formula is C12H22N2O4. The van der Waals surface area contributed by atoms with E-state index in [9.17, 15) is 14.7 Å². The molecule has 0 saturated carbocycles. The SMILES string of the molecule is CC(C)CC(C)NC(=O)N1C[C@@H](O)C[C@H]1C(=O)O. The molecule has 1 aliphatic rings. The first-order valence-electron chi connectivity index (χ1n) is 6.29. The fourth-order valence-electron chi connectivity index (χ4n) is 2.33. The number of nitrogens with zero attached hydrogens (tertiary/aromatic N) is 1. The van der Waals surface area contributed by atoms with Gasteiger partial charge in [-0.15, -0.1) is 0 Å². The van der Waals surface area contributed by atoms with Gasteiger partial charge in [0, 0.05) is 19.0 Å². The Kier molecular flexibility index (Phi) is 4.95. The Morgan fingerprint density at radius 1 is 1.39 bits per heavy atom. The molecule has 0 radical (unpaired) electrons. The van der Waals surface area contributed by atoms with Crippen molar-refractivity contribution < 1.29 is 19.8 Å². The molecule has 2 amide bonds. The smallest absolute Gasteiger partial charge is 0.326 e. The second-order valence-electron chi connectivity index (χ2n) is 5.38. The Labute approximate surface area is 107 Å². The van der Waals surface area contributed by atoms with E-state index in [1.54, 1.807) is 0 Å². The summed E-state index contributed by atoms with van der Waals surface area (Å²) in [7, 11) is 0. The minimum absolute atomic E-state index is 0.00955. The zero-order chi connectivity index (χ0) is 13.9. The van der Waals surface area contributed by atoms with E-state index in [1.807, 2.05) is 6.92 Å². The summed E-state index contributed by atoms with van der Waals surface area (Å²) < 4.78 is 0. The van der Waals surface area contributed by atoms with Gasteiger partial charge in [0.05, 0.1) is 6.10 Å². The number of urea groups is 1. The number of carbonyl (C=O) groups excluding carboxylic acids is 1. The average Bonchev–Trinajstić information content (AvgIpc) is 2.58. The van der Waals surface area contributed by atoms with Crippen LogP contribution in [0, 0.1) is 5.92 Å². The predicted molar refractivity (Wildman–Crippen MR) is 66.2 cm³/mol. The van der Waals surface area contributed by atoms with Gasteiger partial charge in [-0.3, -0.25) is 0 Å². The minimum atomic E-state index is -1.07. The van der Waals surface area contributed by atoms with E-state index in [2.05, 4.69) is 19.2 Å². The summed E-state index contributed by atoms with van der Waals surface area (Å²) in [6.07, 6.45) is 0.179. The molecule has 0 aromatic heterocycles. The van der Waals surface area contributed by atoms with Gasteiger partial charge >= 0.3 is 12.0 Å². The lowest BCUT2D eigenvalue weighted by Gasteiger charge is -2.24. The fraction of sp³-hybridized carbons (Fsp3) is 0.833. The highest BCUT2D eigenvalue weighted by Gasteiger charge is 2.39. The number of nitrogens with one attached hydrogen (secondary N) is 1. The van der Waals surface area contributed by atoms with Crippen molar-refractivity contribution in [2.75, 3.05) is 6.54 Å². The molecule has 6 nitrogen and oxygen atoms in total. The molecule has 1 rings (SSSR count). The molecule has 1 unspecified atom stereocenters. The lowest BCUT2D eigenvalue weighted by Crippen LogP contribution is -2.48. The fourth-order valence-corrected chi connectivity index (χ4v) is 2.33. The molecule has 0 bridgehead atoms. The Balaban J connectivity index is 2.57. The van der Waals surface area contributed by atoms with Gasteiger partial charge in [0.1, 0.15) is 6.04 Å². The van der Waals surface area contributed by atoms with Gasteiger partial charge in [0.25, 0.3) is 0 Å². The Morgan fingerprint density at radius 3 is 2.50 bits per heavy atom. The second-order valence-corrected chi connectivity index (χ2v) is 5.38. The highest BCUT2D eigenvalue weighted by atomic mass is 16.4. The van der Waals surface area contributed by atoms with Crippen LogP contribution in [0.3, 0.4) is 0 Å². The largest absolute Gasteiger partial charge is 0.480 e. The maximum atomic E-state index is 11.9. The molecule has 6 heteroatoms. The van der Waals surface area contributed by atoms with E-state index in [4.69, 9.17) is 5.11 Å². The van der Waals surface area contributed by atoms with E-state index < -0.39 is 24.1 Å². The molecule has 1 heterocycles. The van der Waals surface area contributed by atoms with E-state index in [-0.39, 0.29) is 19.0 Å². The molecule has 18 heavy (non-hydrogen) atoms. The second kappa shape index (κ2) is 6.04. The van der Waals surface area contributed by atoms with Crippen LogP contribution in [0.5, 0.6) is 0 Å². The van der Waals surface area contributed by atoms with Crippen LogP contribution in [0.2, 0.25) is 0 Å². The van der Waals surface area contributed by atoms with E-state index in [0.717, 1.165) is 6.42 Å². The Morgan fingerprint density at radius 2 is 2.00 bits per heavy atom. The number of amides is 2. The van der Waals surface area contributed by atoms with Crippen molar-refractivity contribution in [3.8, 4) is 0 Å². The molecule has 1 fully saturated rings. The predicted octanol–water partition coefficient (Wildman–Crippen LogP) is 0.650. The monoisotopic (exact) mass is 258 g/mol. The van der Waals surface area contributed by atoms with Gasteiger partial charge in [0.15, 0.2) is 0 Å². The first-order valence-corrected chi connectivity index (χ1v) is 6.29. The van der Waals surface area contributed by atoms with E-state index in [1.165, 1.54) is 4.90 Å². The quantitative estimate of drug-likeness (QED) is 0.690. The van der Waals surface area contributed by atoms with Gasteiger partial charge < -0.3 is 20.4 Å². The lowest BCUT2D eigenvalue weighted by molar-refractivity contribution is -0.141. The number of carboxylic acids is 1. The number of aliphatic hydroxyl groups is 1. The Bertz CT molecular complexity index is 319. The first-order chi connectivity index (χ1) is 8.31. The number of carboxylic acid groups (broad SMARTS) is 1. The summed E-state index contributed by atoms with van der Waals surface area (Å²) in [5, 5.41) is 21.2. The molecule has 0 aromatic carbocycles.